The SMILES string of the molecule is CCCCCCCCCCCCCCCCCCN.O=C=O. The van der Waals surface area contributed by atoms with E-state index < -0.39 is 0 Å². The van der Waals surface area contributed by atoms with Crippen molar-refractivity contribution in [1.29, 1.82) is 0 Å². The van der Waals surface area contributed by atoms with Gasteiger partial charge in [0.05, 0.1) is 0 Å². The van der Waals surface area contributed by atoms with E-state index in [2.05, 4.69) is 6.92 Å². The standard InChI is InChI=1S/C18H39N.CO2/c1-2-3-4-5-6-7-8-9-10-11-12-13-14-15-16-17-18-19;2-1-3/h2-19H2,1H3;. The van der Waals surface area contributed by atoms with Gasteiger partial charge in [-0.3, -0.25) is 0 Å². The van der Waals surface area contributed by atoms with Crippen LogP contribution in [0.2, 0.25) is 0 Å². The fourth-order valence-electron chi connectivity index (χ4n) is 2.69. The predicted molar refractivity (Wildman–Crippen MR) is 93.6 cm³/mol. The maximum absolute atomic E-state index is 8.12. The molecule has 2 N–H and O–H groups in total. The van der Waals surface area contributed by atoms with E-state index in [1.165, 1.54) is 103 Å². The summed E-state index contributed by atoms with van der Waals surface area (Å²) in [5.41, 5.74) is 5.48. The molecular formula is C19H39NO2. The molecule has 0 aromatic carbocycles. The lowest BCUT2D eigenvalue weighted by Crippen LogP contribution is -1.97. The van der Waals surface area contributed by atoms with Crippen molar-refractivity contribution in [3.8, 4) is 0 Å². The Morgan fingerprint density at radius 2 is 0.773 bits per heavy atom. The molecule has 0 saturated heterocycles. The largest absolute Gasteiger partial charge is 0.373 e. The molecule has 0 unspecified atom stereocenters. The highest BCUT2D eigenvalue weighted by molar-refractivity contribution is 5.20. The second-order valence-electron chi connectivity index (χ2n) is 6.18. The minimum atomic E-state index is 0.250. The van der Waals surface area contributed by atoms with Crippen LogP contribution in [0, 0.1) is 0 Å². The molecule has 132 valence electrons. The summed E-state index contributed by atoms with van der Waals surface area (Å²) in [6, 6.07) is 0. The van der Waals surface area contributed by atoms with Crippen LogP contribution in [-0.2, 0) is 9.59 Å². The normalized spacial score (nSPS) is 9.91. The summed E-state index contributed by atoms with van der Waals surface area (Å²) < 4.78 is 0. The molecule has 0 aliphatic carbocycles. The van der Waals surface area contributed by atoms with Crippen LogP contribution in [0.5, 0.6) is 0 Å². The lowest BCUT2D eigenvalue weighted by atomic mass is 10.0. The van der Waals surface area contributed by atoms with Crippen LogP contribution in [0.15, 0.2) is 0 Å². The van der Waals surface area contributed by atoms with Gasteiger partial charge in [-0.25, -0.2) is 0 Å². The van der Waals surface area contributed by atoms with Crippen LogP contribution >= 0.6 is 0 Å². The molecule has 0 aromatic rings. The second kappa shape index (κ2) is 25.3. The van der Waals surface area contributed by atoms with Crippen molar-refractivity contribution in [2.75, 3.05) is 6.54 Å². The number of nitrogens with two attached hydrogens (primary N) is 1. The minimum absolute atomic E-state index is 0.250. The molecule has 0 spiro atoms. The maximum atomic E-state index is 8.12. The van der Waals surface area contributed by atoms with Gasteiger partial charge in [0.15, 0.2) is 0 Å². The summed E-state index contributed by atoms with van der Waals surface area (Å²) in [6.07, 6.45) is 23.1. The molecule has 0 aliphatic rings. The lowest BCUT2D eigenvalue weighted by Gasteiger charge is -2.03. The van der Waals surface area contributed by atoms with E-state index in [1.54, 1.807) is 0 Å². The van der Waals surface area contributed by atoms with Crippen LogP contribution in [0.25, 0.3) is 0 Å². The van der Waals surface area contributed by atoms with Gasteiger partial charge in [0.25, 0.3) is 0 Å². The number of hydrogen-bond donors (Lipinski definition) is 1. The van der Waals surface area contributed by atoms with Gasteiger partial charge in [-0.1, -0.05) is 103 Å². The first-order valence-corrected chi connectivity index (χ1v) is 9.52. The first-order chi connectivity index (χ1) is 10.8. The first kappa shape index (κ1) is 23.6. The molecule has 0 saturated carbocycles. The third-order valence-corrected chi connectivity index (χ3v) is 4.06. The molecule has 0 aliphatic heterocycles. The zero-order valence-corrected chi connectivity index (χ0v) is 14.9. The Kier molecular flexibility index (Phi) is 27.1. The van der Waals surface area contributed by atoms with Crippen molar-refractivity contribution >= 4 is 6.15 Å². The zero-order valence-electron chi connectivity index (χ0n) is 14.9. The zero-order chi connectivity index (χ0) is 16.7. The van der Waals surface area contributed by atoms with E-state index >= 15 is 0 Å². The smallest absolute Gasteiger partial charge is 0.330 e. The fourth-order valence-corrected chi connectivity index (χ4v) is 2.69. The number of unbranched alkanes of at least 4 members (excludes halogenated alkanes) is 15. The maximum Gasteiger partial charge on any atom is 0.373 e. The van der Waals surface area contributed by atoms with E-state index in [9.17, 15) is 0 Å². The molecule has 0 amide bonds. The first-order valence-electron chi connectivity index (χ1n) is 9.52. The molecule has 0 heterocycles. The molecule has 0 fully saturated rings. The van der Waals surface area contributed by atoms with E-state index in [0.717, 1.165) is 6.54 Å². The van der Waals surface area contributed by atoms with Crippen molar-refractivity contribution in [1.82, 2.24) is 0 Å². The van der Waals surface area contributed by atoms with Crippen molar-refractivity contribution < 1.29 is 9.59 Å². The molecule has 0 aromatic heterocycles. The van der Waals surface area contributed by atoms with Crippen LogP contribution in [0.1, 0.15) is 110 Å². The van der Waals surface area contributed by atoms with Gasteiger partial charge in [-0.05, 0) is 13.0 Å². The van der Waals surface area contributed by atoms with E-state index in [-0.39, 0.29) is 6.15 Å². The highest BCUT2D eigenvalue weighted by Gasteiger charge is 1.94. The summed E-state index contributed by atoms with van der Waals surface area (Å²) >= 11 is 0. The topological polar surface area (TPSA) is 60.2 Å². The summed E-state index contributed by atoms with van der Waals surface area (Å²) in [6.45, 7) is 3.16. The van der Waals surface area contributed by atoms with Crippen LogP contribution < -0.4 is 5.73 Å². The van der Waals surface area contributed by atoms with Crippen molar-refractivity contribution in [3.05, 3.63) is 0 Å². The van der Waals surface area contributed by atoms with Crippen molar-refractivity contribution in [2.24, 2.45) is 5.73 Å². The Morgan fingerprint density at radius 3 is 1.00 bits per heavy atom. The van der Waals surface area contributed by atoms with Crippen LogP contribution in [-0.4, -0.2) is 12.7 Å². The molecular weight excluding hydrogens is 274 g/mol. The number of rotatable bonds is 16. The Bertz CT molecular complexity index is 197. The minimum Gasteiger partial charge on any atom is -0.330 e. The Balaban J connectivity index is 0. The summed E-state index contributed by atoms with van der Waals surface area (Å²) in [5, 5.41) is 0. The Hall–Kier alpha value is -0.660. The molecule has 3 heteroatoms. The molecule has 0 rings (SSSR count). The van der Waals surface area contributed by atoms with Gasteiger partial charge in [0.1, 0.15) is 0 Å². The monoisotopic (exact) mass is 313 g/mol. The number of carbonyl (C=O) groups excluding carboxylic acids is 2. The average Bonchev–Trinajstić information content (AvgIpc) is 2.52. The molecule has 0 radical (unpaired) electrons. The van der Waals surface area contributed by atoms with Crippen molar-refractivity contribution in [3.63, 3.8) is 0 Å². The fraction of sp³-hybridized carbons (Fsp3) is 0.947. The summed E-state index contributed by atoms with van der Waals surface area (Å²) in [7, 11) is 0. The van der Waals surface area contributed by atoms with Crippen LogP contribution in [0.3, 0.4) is 0 Å². The average molecular weight is 314 g/mol. The molecule has 0 atom stereocenters. The Morgan fingerprint density at radius 1 is 0.545 bits per heavy atom. The van der Waals surface area contributed by atoms with E-state index in [4.69, 9.17) is 15.3 Å². The highest BCUT2D eigenvalue weighted by Crippen LogP contribution is 2.13. The molecule has 0 bridgehead atoms. The van der Waals surface area contributed by atoms with Gasteiger partial charge in [-0.2, -0.15) is 9.59 Å². The third kappa shape index (κ3) is 27.6. The highest BCUT2D eigenvalue weighted by atomic mass is 16.2. The number of hydrogen-bond acceptors (Lipinski definition) is 3. The summed E-state index contributed by atoms with van der Waals surface area (Å²) in [4.78, 5) is 16.2. The Labute approximate surface area is 138 Å². The third-order valence-electron chi connectivity index (χ3n) is 4.06. The van der Waals surface area contributed by atoms with Crippen LogP contribution in [0.4, 0.5) is 0 Å². The molecule has 22 heavy (non-hydrogen) atoms. The van der Waals surface area contributed by atoms with Gasteiger partial charge in [0.2, 0.25) is 0 Å². The predicted octanol–water partition coefficient (Wildman–Crippen LogP) is 5.62. The van der Waals surface area contributed by atoms with Gasteiger partial charge >= 0.3 is 6.15 Å². The van der Waals surface area contributed by atoms with E-state index in [1.807, 2.05) is 0 Å². The van der Waals surface area contributed by atoms with Gasteiger partial charge in [0, 0.05) is 0 Å². The molecule has 3 nitrogen and oxygen atoms in total. The summed E-state index contributed by atoms with van der Waals surface area (Å²) in [5.74, 6) is 0. The van der Waals surface area contributed by atoms with Gasteiger partial charge < -0.3 is 5.73 Å². The van der Waals surface area contributed by atoms with E-state index in [0.29, 0.717) is 0 Å². The van der Waals surface area contributed by atoms with Crippen molar-refractivity contribution in [2.45, 2.75) is 110 Å². The van der Waals surface area contributed by atoms with Gasteiger partial charge in [-0.15, -0.1) is 0 Å². The lowest BCUT2D eigenvalue weighted by molar-refractivity contribution is -0.191. The second-order valence-corrected chi connectivity index (χ2v) is 6.18. The quantitative estimate of drug-likeness (QED) is 0.376.